The fourth-order valence-electron chi connectivity index (χ4n) is 7.57. The zero-order valence-electron chi connectivity index (χ0n) is 39.5. The molecule has 0 aromatic rings. The smallest absolute Gasteiger partial charge is 0.330 e. The Hall–Kier alpha value is -2.09. The maximum Gasteiger partial charge on any atom is 0.330 e. The van der Waals surface area contributed by atoms with E-state index in [2.05, 4.69) is 132 Å². The molecule has 0 saturated heterocycles. The van der Waals surface area contributed by atoms with Crippen molar-refractivity contribution in [2.24, 2.45) is 5.92 Å². The minimum absolute atomic E-state index is 0.0558. The van der Waals surface area contributed by atoms with Gasteiger partial charge in [0.2, 0.25) is 8.32 Å². The standard InChI is InChI=1S/C47H84O7Si3/c1-35(2)57(36(3)4,37(5)6)54-43-31-30-41(52-56(17,18)47(10,11)12)26-22-20-24-28-46(49)51-44(40(9)33-39(8)29-32-45(48)50-13)34-38(7)25-21-19-23-27-42(43)53-55(14,15)16/h19,21,24-25,28-33,35-37,40-44H,20,22-23,26-27,34H2,1-18H3/t40-,41+,42+,43+,44-/m0/s1. The Kier molecular flexibility index (Phi) is 22.5. The van der Waals surface area contributed by atoms with Crippen LogP contribution >= 0.6 is 0 Å². The third-order valence-corrected chi connectivity index (χ3v) is 23.1. The van der Waals surface area contributed by atoms with Crippen molar-refractivity contribution < 1.29 is 32.3 Å². The molecule has 326 valence electrons. The zero-order chi connectivity index (χ0) is 43.8. The van der Waals surface area contributed by atoms with Crippen molar-refractivity contribution in [3.63, 3.8) is 0 Å². The number of hydrogen-bond acceptors (Lipinski definition) is 7. The van der Waals surface area contributed by atoms with Gasteiger partial charge >= 0.3 is 11.9 Å². The highest BCUT2D eigenvalue weighted by atomic mass is 28.4. The van der Waals surface area contributed by atoms with E-state index in [1.54, 1.807) is 12.2 Å². The highest BCUT2D eigenvalue weighted by Gasteiger charge is 2.48. The lowest BCUT2D eigenvalue weighted by molar-refractivity contribution is -0.144. The Morgan fingerprint density at radius 3 is 2.02 bits per heavy atom. The summed E-state index contributed by atoms with van der Waals surface area (Å²) in [6.07, 6.45) is 23.6. The average molecular weight is 845 g/mol. The van der Waals surface area contributed by atoms with Crippen LogP contribution in [0.25, 0.3) is 0 Å². The third-order valence-electron chi connectivity index (χ3n) is 11.5. The number of hydrogen-bond donors (Lipinski definition) is 0. The number of carbonyl (C=O) groups excluding carboxylic acids is 2. The van der Waals surface area contributed by atoms with E-state index in [0.717, 1.165) is 43.3 Å². The molecule has 0 unspecified atom stereocenters. The average Bonchev–Trinajstić information content (AvgIpc) is 3.07. The normalized spacial score (nSPS) is 22.9. The first-order valence-corrected chi connectivity index (χ1v) is 30.1. The van der Waals surface area contributed by atoms with Crippen molar-refractivity contribution in [1.82, 2.24) is 0 Å². The van der Waals surface area contributed by atoms with Crippen LogP contribution in [0.2, 0.25) is 54.4 Å². The first-order valence-electron chi connectivity index (χ1n) is 21.6. The number of rotatable bonds is 13. The van der Waals surface area contributed by atoms with E-state index in [1.165, 1.54) is 13.2 Å². The van der Waals surface area contributed by atoms with E-state index in [0.29, 0.717) is 23.0 Å². The van der Waals surface area contributed by atoms with Crippen molar-refractivity contribution in [3.05, 3.63) is 71.9 Å². The van der Waals surface area contributed by atoms with Crippen LogP contribution in [-0.2, 0) is 32.3 Å². The van der Waals surface area contributed by atoms with Gasteiger partial charge in [-0.15, -0.1) is 0 Å². The molecule has 0 spiro atoms. The summed E-state index contributed by atoms with van der Waals surface area (Å²) >= 11 is 0. The molecule has 5 atom stereocenters. The topological polar surface area (TPSA) is 80.3 Å². The number of ether oxygens (including phenoxy) is 2. The van der Waals surface area contributed by atoms with Gasteiger partial charge in [0.15, 0.2) is 16.6 Å². The number of allylic oxidation sites excluding steroid dienone is 6. The molecule has 0 bridgehead atoms. The van der Waals surface area contributed by atoms with Gasteiger partial charge in [-0.3, -0.25) is 0 Å². The second-order valence-corrected chi connectivity index (χ2v) is 34.3. The fourth-order valence-corrected chi connectivity index (χ4v) is 15.6. The zero-order valence-corrected chi connectivity index (χ0v) is 42.5. The van der Waals surface area contributed by atoms with Gasteiger partial charge in [0, 0.05) is 24.5 Å². The summed E-state index contributed by atoms with van der Waals surface area (Å²) < 4.78 is 32.7. The molecule has 0 aliphatic carbocycles. The summed E-state index contributed by atoms with van der Waals surface area (Å²) in [7, 11) is -5.02. The van der Waals surface area contributed by atoms with E-state index in [9.17, 15) is 9.59 Å². The van der Waals surface area contributed by atoms with E-state index < -0.39 is 30.9 Å². The molecular weight excluding hydrogens is 761 g/mol. The highest BCUT2D eigenvalue weighted by molar-refractivity contribution is 6.77. The Morgan fingerprint density at radius 1 is 0.860 bits per heavy atom. The minimum atomic E-state index is -2.29. The number of esters is 2. The second kappa shape index (κ2) is 24.2. The molecule has 0 aromatic carbocycles. The lowest BCUT2D eigenvalue weighted by Crippen LogP contribution is -2.53. The van der Waals surface area contributed by atoms with Crippen LogP contribution in [-0.4, -0.2) is 68.4 Å². The summed E-state index contributed by atoms with van der Waals surface area (Å²) in [5.41, 5.74) is 3.31. The molecule has 0 aromatic heterocycles. The molecule has 10 heteroatoms. The van der Waals surface area contributed by atoms with Gasteiger partial charge in [0.25, 0.3) is 0 Å². The van der Waals surface area contributed by atoms with E-state index >= 15 is 0 Å². The molecule has 0 fully saturated rings. The van der Waals surface area contributed by atoms with Gasteiger partial charge in [-0.1, -0.05) is 129 Å². The summed E-state index contributed by atoms with van der Waals surface area (Å²) in [6, 6.07) is 0. The lowest BCUT2D eigenvalue weighted by Gasteiger charge is -2.46. The minimum Gasteiger partial charge on any atom is -0.466 e. The molecule has 0 saturated carbocycles. The van der Waals surface area contributed by atoms with Gasteiger partial charge in [0.1, 0.15) is 6.10 Å². The van der Waals surface area contributed by atoms with Gasteiger partial charge in [-0.25, -0.2) is 9.59 Å². The second-order valence-electron chi connectivity index (χ2n) is 19.6. The Morgan fingerprint density at radius 2 is 1.47 bits per heavy atom. The highest BCUT2D eigenvalue weighted by Crippen LogP contribution is 2.44. The van der Waals surface area contributed by atoms with Crippen LogP contribution in [0.3, 0.4) is 0 Å². The molecule has 0 N–H and O–H groups in total. The molecule has 57 heavy (non-hydrogen) atoms. The number of carbonyl (C=O) groups is 2. The monoisotopic (exact) mass is 845 g/mol. The maximum atomic E-state index is 13.2. The van der Waals surface area contributed by atoms with Crippen LogP contribution in [0.5, 0.6) is 0 Å². The molecule has 1 rings (SSSR count). The molecule has 1 aliphatic heterocycles. The Labute approximate surface area is 353 Å². The predicted molar refractivity (Wildman–Crippen MR) is 249 cm³/mol. The first kappa shape index (κ1) is 52.9. The Bertz CT molecular complexity index is 1400. The largest absolute Gasteiger partial charge is 0.466 e. The fraction of sp³-hybridized carbons (Fsp3) is 0.702. The van der Waals surface area contributed by atoms with Crippen LogP contribution in [0.4, 0.5) is 0 Å². The van der Waals surface area contributed by atoms with Crippen molar-refractivity contribution in [2.45, 2.75) is 200 Å². The van der Waals surface area contributed by atoms with Gasteiger partial charge in [0.05, 0.1) is 25.4 Å². The summed E-state index contributed by atoms with van der Waals surface area (Å²) in [5.74, 6) is -0.854. The van der Waals surface area contributed by atoms with Crippen LogP contribution < -0.4 is 0 Å². The van der Waals surface area contributed by atoms with Crippen LogP contribution in [0.15, 0.2) is 71.9 Å². The van der Waals surface area contributed by atoms with E-state index in [1.807, 2.05) is 26.0 Å². The Balaban J connectivity index is 3.82. The predicted octanol–water partition coefficient (Wildman–Crippen LogP) is 13.4. The van der Waals surface area contributed by atoms with Gasteiger partial charge < -0.3 is 22.8 Å². The van der Waals surface area contributed by atoms with Crippen molar-refractivity contribution in [1.29, 1.82) is 0 Å². The summed E-state index contributed by atoms with van der Waals surface area (Å²) in [6.45, 7) is 38.5. The molecule has 1 aliphatic rings. The SMILES string of the molecule is COC(=O)C=CC(C)=C[C@H](C)[C@@H]1CC(C)=CC=CCC[C@@H](O[Si](C)(C)C)[C@H](O[Si](C(C)C)(C(C)C)C(C)C)C=C[C@H](O[Si](C)(C)C(C)(C)C)CCCC=CC(=O)O1. The summed E-state index contributed by atoms with van der Waals surface area (Å²) in [4.78, 5) is 24.9. The summed E-state index contributed by atoms with van der Waals surface area (Å²) in [5, 5.41) is 0.0558. The quantitative estimate of drug-likeness (QED) is 0.0600. The molecule has 0 radical (unpaired) electrons. The number of methoxy groups -OCH3 is 1. The van der Waals surface area contributed by atoms with E-state index in [-0.39, 0.29) is 41.3 Å². The van der Waals surface area contributed by atoms with Gasteiger partial charge in [-0.2, -0.15) is 0 Å². The van der Waals surface area contributed by atoms with Crippen molar-refractivity contribution in [2.75, 3.05) is 7.11 Å². The molecule has 7 nitrogen and oxygen atoms in total. The molecular formula is C47H84O7Si3. The molecule has 1 heterocycles. The lowest BCUT2D eigenvalue weighted by atomic mass is 9.95. The van der Waals surface area contributed by atoms with Crippen molar-refractivity contribution >= 4 is 36.9 Å². The maximum absolute atomic E-state index is 13.2. The van der Waals surface area contributed by atoms with E-state index in [4.69, 9.17) is 22.8 Å². The molecule has 0 amide bonds. The van der Waals surface area contributed by atoms with Crippen LogP contribution in [0.1, 0.15) is 122 Å². The third kappa shape index (κ3) is 18.8. The van der Waals surface area contributed by atoms with Crippen molar-refractivity contribution in [3.8, 4) is 0 Å². The first-order chi connectivity index (χ1) is 26.2. The number of cyclic esters (lactones) is 1. The van der Waals surface area contributed by atoms with Gasteiger partial charge in [-0.05, 0) is 100 Å². The van der Waals surface area contributed by atoms with Crippen LogP contribution in [0, 0.1) is 5.92 Å².